The number of rotatable bonds is 13. The zero-order valence-electron chi connectivity index (χ0n) is 15.7. The average Bonchev–Trinajstić information content (AvgIpc) is 3.25. The minimum absolute atomic E-state index is 1.09. The molecule has 0 amide bonds. The Morgan fingerprint density at radius 3 is 1.25 bits per heavy atom. The lowest BCUT2D eigenvalue weighted by molar-refractivity contribution is 0.281. The maximum Gasteiger partial charge on any atom is 0.0702 e. The van der Waals surface area contributed by atoms with Crippen LogP contribution in [0.25, 0.3) is 0 Å². The minimum atomic E-state index is 1.09. The summed E-state index contributed by atoms with van der Waals surface area (Å²) in [5, 5.41) is 0. The SMILES string of the molecule is C=CN1CCN(CCCCCCCCCCN2CCN(C=C)C2)C1. The highest BCUT2D eigenvalue weighted by Gasteiger charge is 2.16. The van der Waals surface area contributed by atoms with Gasteiger partial charge in [0.2, 0.25) is 0 Å². The summed E-state index contributed by atoms with van der Waals surface area (Å²) in [5.74, 6) is 0. The molecule has 0 aromatic heterocycles. The highest BCUT2D eigenvalue weighted by atomic mass is 15.4. The molecule has 0 aromatic rings. The molecule has 2 aliphatic heterocycles. The predicted molar refractivity (Wildman–Crippen MR) is 104 cm³/mol. The Bertz CT molecular complexity index is 324. The smallest absolute Gasteiger partial charge is 0.0702 e. The molecule has 0 bridgehead atoms. The Labute approximate surface area is 149 Å². The molecule has 2 fully saturated rings. The van der Waals surface area contributed by atoms with Gasteiger partial charge in [0.05, 0.1) is 13.3 Å². The van der Waals surface area contributed by atoms with Crippen LogP contribution in [0.4, 0.5) is 0 Å². The summed E-state index contributed by atoms with van der Waals surface area (Å²) in [6.45, 7) is 17.2. The lowest BCUT2D eigenvalue weighted by Gasteiger charge is -2.16. The fraction of sp³-hybridized carbons (Fsp3) is 0.800. The van der Waals surface area contributed by atoms with Gasteiger partial charge in [-0.2, -0.15) is 0 Å². The Kier molecular flexibility index (Phi) is 9.29. The second-order valence-corrected chi connectivity index (χ2v) is 7.34. The topological polar surface area (TPSA) is 13.0 Å². The van der Waals surface area contributed by atoms with Crippen LogP contribution in [-0.2, 0) is 0 Å². The van der Waals surface area contributed by atoms with Crippen LogP contribution in [0.5, 0.6) is 0 Å². The minimum Gasteiger partial charge on any atom is -0.364 e. The molecule has 24 heavy (non-hydrogen) atoms. The van der Waals surface area contributed by atoms with E-state index in [9.17, 15) is 0 Å². The van der Waals surface area contributed by atoms with Crippen LogP contribution in [0.2, 0.25) is 0 Å². The molecule has 4 nitrogen and oxygen atoms in total. The van der Waals surface area contributed by atoms with Crippen molar-refractivity contribution >= 4 is 0 Å². The molecule has 0 N–H and O–H groups in total. The van der Waals surface area contributed by atoms with Gasteiger partial charge in [-0.05, 0) is 38.3 Å². The van der Waals surface area contributed by atoms with Crippen molar-refractivity contribution in [2.24, 2.45) is 0 Å². The molecular formula is C20H38N4. The third-order valence-corrected chi connectivity index (χ3v) is 5.39. The Balaban J connectivity index is 1.31. The van der Waals surface area contributed by atoms with Crippen molar-refractivity contribution in [3.05, 3.63) is 25.6 Å². The molecule has 0 radical (unpaired) electrons. The second-order valence-electron chi connectivity index (χ2n) is 7.34. The molecule has 2 rings (SSSR count). The first-order valence-corrected chi connectivity index (χ1v) is 10.00. The van der Waals surface area contributed by atoms with Gasteiger partial charge in [-0.1, -0.05) is 51.7 Å². The van der Waals surface area contributed by atoms with Crippen molar-refractivity contribution in [2.75, 3.05) is 52.6 Å². The lowest BCUT2D eigenvalue weighted by atomic mass is 10.1. The standard InChI is InChI=1S/C20H38N4/c1-3-21-15-17-23(19-21)13-11-9-7-5-6-8-10-12-14-24-18-16-22(4-2)20-24/h3-4H,1-2,5-20H2. The molecule has 2 saturated heterocycles. The molecule has 0 aromatic carbocycles. The summed E-state index contributed by atoms with van der Waals surface area (Å²) in [6, 6.07) is 0. The van der Waals surface area contributed by atoms with E-state index in [1.54, 1.807) is 0 Å². The van der Waals surface area contributed by atoms with Gasteiger partial charge in [0.15, 0.2) is 0 Å². The van der Waals surface area contributed by atoms with Gasteiger partial charge in [0.1, 0.15) is 0 Å². The van der Waals surface area contributed by atoms with Crippen molar-refractivity contribution < 1.29 is 0 Å². The van der Waals surface area contributed by atoms with Crippen LogP contribution >= 0.6 is 0 Å². The van der Waals surface area contributed by atoms with E-state index in [1.807, 2.05) is 12.4 Å². The zero-order chi connectivity index (χ0) is 17.0. The highest BCUT2D eigenvalue weighted by molar-refractivity contribution is 4.79. The van der Waals surface area contributed by atoms with E-state index >= 15 is 0 Å². The molecular weight excluding hydrogens is 296 g/mol. The van der Waals surface area contributed by atoms with Gasteiger partial charge < -0.3 is 9.80 Å². The first-order chi connectivity index (χ1) is 11.8. The average molecular weight is 335 g/mol. The van der Waals surface area contributed by atoms with Crippen molar-refractivity contribution in [3.8, 4) is 0 Å². The molecule has 2 heterocycles. The fourth-order valence-electron chi connectivity index (χ4n) is 3.73. The van der Waals surface area contributed by atoms with Crippen LogP contribution in [0.1, 0.15) is 51.4 Å². The van der Waals surface area contributed by atoms with Crippen LogP contribution in [0.15, 0.2) is 25.6 Å². The second kappa shape index (κ2) is 11.5. The van der Waals surface area contributed by atoms with Crippen molar-refractivity contribution in [2.45, 2.75) is 51.4 Å². The van der Waals surface area contributed by atoms with E-state index in [-0.39, 0.29) is 0 Å². The van der Waals surface area contributed by atoms with Gasteiger partial charge >= 0.3 is 0 Å². The van der Waals surface area contributed by atoms with Gasteiger partial charge in [-0.25, -0.2) is 0 Å². The maximum atomic E-state index is 3.85. The maximum absolute atomic E-state index is 3.85. The first kappa shape index (κ1) is 19.3. The Morgan fingerprint density at radius 2 is 0.917 bits per heavy atom. The third-order valence-electron chi connectivity index (χ3n) is 5.39. The summed E-state index contributed by atoms with van der Waals surface area (Å²) < 4.78 is 0. The van der Waals surface area contributed by atoms with Crippen molar-refractivity contribution in [1.29, 1.82) is 0 Å². The van der Waals surface area contributed by atoms with Crippen LogP contribution in [0, 0.1) is 0 Å². The predicted octanol–water partition coefficient (Wildman–Crippen LogP) is 3.54. The van der Waals surface area contributed by atoms with E-state index in [2.05, 4.69) is 32.8 Å². The van der Waals surface area contributed by atoms with Crippen LogP contribution < -0.4 is 0 Å². The van der Waals surface area contributed by atoms with Crippen LogP contribution in [0.3, 0.4) is 0 Å². The summed E-state index contributed by atoms with van der Waals surface area (Å²) in [4.78, 5) is 9.70. The van der Waals surface area contributed by atoms with Gasteiger partial charge in [0.25, 0.3) is 0 Å². The molecule has 0 aliphatic carbocycles. The molecule has 4 heteroatoms. The largest absolute Gasteiger partial charge is 0.364 e. The molecule has 0 atom stereocenters. The highest BCUT2D eigenvalue weighted by Crippen LogP contribution is 2.12. The van der Waals surface area contributed by atoms with E-state index in [0.29, 0.717) is 0 Å². The van der Waals surface area contributed by atoms with Crippen molar-refractivity contribution in [3.63, 3.8) is 0 Å². The van der Waals surface area contributed by atoms with Gasteiger partial charge in [-0.15, -0.1) is 0 Å². The van der Waals surface area contributed by atoms with Crippen LogP contribution in [-0.4, -0.2) is 72.2 Å². The number of nitrogens with zero attached hydrogens (tertiary/aromatic N) is 4. The quantitative estimate of drug-likeness (QED) is 0.478. The summed E-state index contributed by atoms with van der Waals surface area (Å²) in [5.41, 5.74) is 0. The Morgan fingerprint density at radius 1 is 0.542 bits per heavy atom. The van der Waals surface area contributed by atoms with E-state index in [1.165, 1.54) is 77.5 Å². The van der Waals surface area contributed by atoms with E-state index in [4.69, 9.17) is 0 Å². The Hall–Kier alpha value is -1.00. The summed E-state index contributed by atoms with van der Waals surface area (Å²) >= 11 is 0. The van der Waals surface area contributed by atoms with E-state index < -0.39 is 0 Å². The first-order valence-electron chi connectivity index (χ1n) is 10.00. The zero-order valence-corrected chi connectivity index (χ0v) is 15.7. The summed E-state index contributed by atoms with van der Waals surface area (Å²) in [7, 11) is 0. The monoisotopic (exact) mass is 334 g/mol. The number of unbranched alkanes of at least 4 members (excludes halogenated alkanes) is 7. The number of hydrogen-bond acceptors (Lipinski definition) is 4. The molecule has 0 spiro atoms. The normalized spacial score (nSPS) is 19.3. The third kappa shape index (κ3) is 7.27. The fourth-order valence-corrected chi connectivity index (χ4v) is 3.73. The molecule has 2 aliphatic rings. The molecule has 0 saturated carbocycles. The van der Waals surface area contributed by atoms with Gasteiger partial charge in [0, 0.05) is 26.2 Å². The van der Waals surface area contributed by atoms with E-state index in [0.717, 1.165) is 26.4 Å². The molecule has 0 unspecified atom stereocenters. The number of hydrogen-bond donors (Lipinski definition) is 0. The van der Waals surface area contributed by atoms with Crippen molar-refractivity contribution in [1.82, 2.24) is 19.6 Å². The molecule has 138 valence electrons. The lowest BCUT2D eigenvalue weighted by Crippen LogP contribution is -2.23. The van der Waals surface area contributed by atoms with Gasteiger partial charge in [-0.3, -0.25) is 9.80 Å². The summed E-state index contributed by atoms with van der Waals surface area (Å²) in [6.07, 6.45) is 15.1.